The predicted octanol–water partition coefficient (Wildman–Crippen LogP) is 2.02. The van der Waals surface area contributed by atoms with Gasteiger partial charge in [-0.2, -0.15) is 0 Å². The van der Waals surface area contributed by atoms with Gasteiger partial charge in [-0.15, -0.1) is 0 Å². The second-order valence-corrected chi connectivity index (χ2v) is 5.68. The van der Waals surface area contributed by atoms with Gasteiger partial charge in [0.05, 0.1) is 0 Å². The number of aliphatic hydroxyl groups excluding tert-OH is 1. The Balaban J connectivity index is 1.90. The summed E-state index contributed by atoms with van der Waals surface area (Å²) in [5.74, 6) is -0.0174. The highest BCUT2D eigenvalue weighted by molar-refractivity contribution is 5.93. The van der Waals surface area contributed by atoms with Crippen LogP contribution in [-0.2, 0) is 0 Å². The van der Waals surface area contributed by atoms with Crippen molar-refractivity contribution in [3.8, 4) is 0 Å². The zero-order valence-electron chi connectivity index (χ0n) is 12.3. The second kappa shape index (κ2) is 5.85. The maximum atomic E-state index is 12.7. The number of carbonyl (C=O) groups is 1. The minimum atomic E-state index is -0.0174. The van der Waals surface area contributed by atoms with Gasteiger partial charge in [0.1, 0.15) is 11.3 Å². The smallest absolute Gasteiger partial charge is 0.274 e. The van der Waals surface area contributed by atoms with Crippen LogP contribution in [0.3, 0.4) is 0 Å². The van der Waals surface area contributed by atoms with Crippen LogP contribution in [0.15, 0.2) is 24.4 Å². The average molecular weight is 287 g/mol. The highest BCUT2D eigenvalue weighted by Gasteiger charge is 2.28. The van der Waals surface area contributed by atoms with Crippen molar-refractivity contribution in [1.29, 1.82) is 0 Å². The third-order valence-electron chi connectivity index (χ3n) is 4.27. The van der Waals surface area contributed by atoms with Crippen molar-refractivity contribution in [2.24, 2.45) is 0 Å². The number of aryl methyl sites for hydroxylation is 1. The van der Waals surface area contributed by atoms with Crippen molar-refractivity contribution in [1.82, 2.24) is 14.3 Å². The van der Waals surface area contributed by atoms with E-state index >= 15 is 0 Å². The van der Waals surface area contributed by atoms with Crippen LogP contribution < -0.4 is 0 Å². The molecule has 5 nitrogen and oxygen atoms in total. The molecule has 21 heavy (non-hydrogen) atoms. The zero-order chi connectivity index (χ0) is 14.8. The van der Waals surface area contributed by atoms with Crippen molar-refractivity contribution >= 4 is 11.6 Å². The first-order chi connectivity index (χ1) is 10.2. The fourth-order valence-corrected chi connectivity index (χ4v) is 3.12. The Morgan fingerprint density at radius 1 is 1.43 bits per heavy atom. The molecule has 1 aliphatic rings. The second-order valence-electron chi connectivity index (χ2n) is 5.68. The van der Waals surface area contributed by atoms with Crippen LogP contribution in [0.2, 0.25) is 0 Å². The maximum absolute atomic E-state index is 12.7. The number of fused-ring (bicyclic) bond motifs is 1. The summed E-state index contributed by atoms with van der Waals surface area (Å²) in [6.07, 6.45) is 5.59. The lowest BCUT2D eigenvalue weighted by atomic mass is 9.99. The number of imidazole rings is 1. The van der Waals surface area contributed by atoms with Gasteiger partial charge in [-0.05, 0) is 44.7 Å². The normalized spacial score (nSPS) is 19.1. The summed E-state index contributed by atoms with van der Waals surface area (Å²) in [7, 11) is 0. The number of likely N-dealkylation sites (tertiary alicyclic amines) is 1. The summed E-state index contributed by atoms with van der Waals surface area (Å²) in [5.41, 5.74) is 2.35. The molecule has 0 spiro atoms. The number of pyridine rings is 1. The summed E-state index contributed by atoms with van der Waals surface area (Å²) in [6.45, 7) is 2.88. The molecule has 5 heteroatoms. The lowest BCUT2D eigenvalue weighted by molar-refractivity contribution is 0.0569. The Labute approximate surface area is 124 Å². The van der Waals surface area contributed by atoms with Crippen LogP contribution in [0, 0.1) is 6.92 Å². The van der Waals surface area contributed by atoms with Crippen LogP contribution in [-0.4, -0.2) is 44.5 Å². The van der Waals surface area contributed by atoms with Gasteiger partial charge in [-0.25, -0.2) is 4.98 Å². The molecule has 112 valence electrons. The largest absolute Gasteiger partial charge is 0.396 e. The molecule has 0 bridgehead atoms. The summed E-state index contributed by atoms with van der Waals surface area (Å²) in [6, 6.07) is 5.99. The van der Waals surface area contributed by atoms with Gasteiger partial charge in [0, 0.05) is 31.1 Å². The molecule has 1 amide bonds. The van der Waals surface area contributed by atoms with Crippen molar-refractivity contribution in [3.63, 3.8) is 0 Å². The number of piperidine rings is 1. The summed E-state index contributed by atoms with van der Waals surface area (Å²) in [5, 5.41) is 9.18. The number of amides is 1. The topological polar surface area (TPSA) is 57.8 Å². The Bertz CT molecular complexity index is 648. The molecular weight excluding hydrogens is 266 g/mol. The third kappa shape index (κ3) is 2.65. The highest BCUT2D eigenvalue weighted by atomic mass is 16.3. The van der Waals surface area contributed by atoms with Gasteiger partial charge in [0.15, 0.2) is 0 Å². The van der Waals surface area contributed by atoms with Gasteiger partial charge in [0.25, 0.3) is 5.91 Å². The molecule has 0 aromatic carbocycles. The minimum Gasteiger partial charge on any atom is -0.396 e. The molecule has 2 aromatic heterocycles. The number of hydrogen-bond donors (Lipinski definition) is 1. The molecule has 0 radical (unpaired) electrons. The van der Waals surface area contributed by atoms with E-state index in [4.69, 9.17) is 0 Å². The molecule has 1 aliphatic heterocycles. The Kier molecular flexibility index (Phi) is 3.92. The van der Waals surface area contributed by atoms with Crippen molar-refractivity contribution in [3.05, 3.63) is 35.8 Å². The van der Waals surface area contributed by atoms with Crippen LogP contribution in [0.1, 0.15) is 41.9 Å². The SMILES string of the molecule is Cc1cccc2nc(C(=O)N3CCCCC3CCO)cn12. The zero-order valence-corrected chi connectivity index (χ0v) is 12.3. The van der Waals surface area contributed by atoms with E-state index in [-0.39, 0.29) is 18.6 Å². The quantitative estimate of drug-likeness (QED) is 0.939. The summed E-state index contributed by atoms with van der Waals surface area (Å²) in [4.78, 5) is 19.1. The van der Waals surface area contributed by atoms with Gasteiger partial charge in [0.2, 0.25) is 0 Å². The first-order valence-electron chi connectivity index (χ1n) is 7.57. The molecule has 3 heterocycles. The van der Waals surface area contributed by atoms with E-state index in [1.807, 2.05) is 40.6 Å². The molecule has 0 saturated carbocycles. The fourth-order valence-electron chi connectivity index (χ4n) is 3.12. The van der Waals surface area contributed by atoms with Crippen LogP contribution in [0.25, 0.3) is 5.65 Å². The van der Waals surface area contributed by atoms with Gasteiger partial charge in [-0.3, -0.25) is 4.79 Å². The van der Waals surface area contributed by atoms with E-state index in [0.29, 0.717) is 12.1 Å². The lowest BCUT2D eigenvalue weighted by Crippen LogP contribution is -2.44. The van der Waals surface area contributed by atoms with Crippen LogP contribution in [0.5, 0.6) is 0 Å². The first-order valence-corrected chi connectivity index (χ1v) is 7.57. The number of aliphatic hydroxyl groups is 1. The van der Waals surface area contributed by atoms with E-state index in [2.05, 4.69) is 4.98 Å². The minimum absolute atomic E-state index is 0.0174. The van der Waals surface area contributed by atoms with Crippen molar-refractivity contribution in [2.75, 3.05) is 13.2 Å². The maximum Gasteiger partial charge on any atom is 0.274 e. The van der Waals surface area contributed by atoms with E-state index in [1.54, 1.807) is 0 Å². The molecular formula is C16H21N3O2. The highest BCUT2D eigenvalue weighted by Crippen LogP contribution is 2.22. The molecule has 1 N–H and O–H groups in total. The standard InChI is InChI=1S/C16H21N3O2/c1-12-5-4-7-15-17-14(11-19(12)15)16(21)18-9-3-2-6-13(18)8-10-20/h4-5,7,11,13,20H,2-3,6,8-10H2,1H3. The van der Waals surface area contributed by atoms with E-state index in [1.165, 1.54) is 0 Å². The summed E-state index contributed by atoms with van der Waals surface area (Å²) >= 11 is 0. The van der Waals surface area contributed by atoms with Gasteiger partial charge in [-0.1, -0.05) is 6.07 Å². The molecule has 3 rings (SSSR count). The molecule has 1 saturated heterocycles. The van der Waals surface area contributed by atoms with E-state index in [9.17, 15) is 9.90 Å². The first kappa shape index (κ1) is 14.1. The third-order valence-corrected chi connectivity index (χ3v) is 4.27. The number of carbonyl (C=O) groups excluding carboxylic acids is 1. The number of rotatable bonds is 3. The Hall–Kier alpha value is -1.88. The number of hydrogen-bond acceptors (Lipinski definition) is 3. The average Bonchev–Trinajstić information content (AvgIpc) is 2.93. The number of aromatic nitrogens is 2. The lowest BCUT2D eigenvalue weighted by Gasteiger charge is -2.35. The van der Waals surface area contributed by atoms with Crippen LogP contribution >= 0.6 is 0 Å². The van der Waals surface area contributed by atoms with E-state index < -0.39 is 0 Å². The van der Waals surface area contributed by atoms with Gasteiger partial charge < -0.3 is 14.4 Å². The monoisotopic (exact) mass is 287 g/mol. The molecule has 1 atom stereocenters. The number of nitrogens with zero attached hydrogens (tertiary/aromatic N) is 3. The summed E-state index contributed by atoms with van der Waals surface area (Å²) < 4.78 is 1.94. The molecule has 0 aliphatic carbocycles. The van der Waals surface area contributed by atoms with Crippen LogP contribution in [0.4, 0.5) is 0 Å². The molecule has 1 unspecified atom stereocenters. The Morgan fingerprint density at radius 3 is 3.05 bits per heavy atom. The predicted molar refractivity (Wildman–Crippen MR) is 80.3 cm³/mol. The Morgan fingerprint density at radius 2 is 2.29 bits per heavy atom. The van der Waals surface area contributed by atoms with Crippen molar-refractivity contribution in [2.45, 2.75) is 38.6 Å². The van der Waals surface area contributed by atoms with Gasteiger partial charge >= 0.3 is 0 Å². The molecule has 1 fully saturated rings. The fraction of sp³-hybridized carbons (Fsp3) is 0.500. The van der Waals surface area contributed by atoms with E-state index in [0.717, 1.165) is 37.1 Å². The molecule has 2 aromatic rings. The van der Waals surface area contributed by atoms with Crippen molar-refractivity contribution < 1.29 is 9.90 Å².